The van der Waals surface area contributed by atoms with Crippen molar-refractivity contribution in [2.75, 3.05) is 12.0 Å². The van der Waals surface area contributed by atoms with Crippen LogP contribution in [0, 0.1) is 0 Å². The highest BCUT2D eigenvalue weighted by Crippen LogP contribution is 2.06. The number of benzene rings is 1. The Bertz CT molecular complexity index is 534. The van der Waals surface area contributed by atoms with E-state index in [2.05, 4.69) is 10.6 Å². The molecule has 1 rings (SSSR count). The van der Waals surface area contributed by atoms with E-state index in [1.165, 1.54) is 0 Å². The third kappa shape index (κ3) is 6.80. The van der Waals surface area contributed by atoms with Crippen LogP contribution in [0.1, 0.15) is 36.7 Å². The van der Waals surface area contributed by atoms with E-state index in [4.69, 9.17) is 0 Å². The Morgan fingerprint density at radius 1 is 1.23 bits per heavy atom. The average Bonchev–Trinajstić information content (AvgIpc) is 2.45. The lowest BCUT2D eigenvalue weighted by Crippen LogP contribution is -2.34. The summed E-state index contributed by atoms with van der Waals surface area (Å²) in [5, 5.41) is 5.76. The van der Waals surface area contributed by atoms with Crippen molar-refractivity contribution < 1.29 is 9.59 Å². The summed E-state index contributed by atoms with van der Waals surface area (Å²) in [6.07, 6.45) is 3.58. The molecular formula is C17H24N2O2S. The Morgan fingerprint density at radius 2 is 1.86 bits per heavy atom. The van der Waals surface area contributed by atoms with E-state index in [1.807, 2.05) is 39.2 Å². The molecule has 0 spiro atoms. The molecule has 2 N–H and O–H groups in total. The van der Waals surface area contributed by atoms with Gasteiger partial charge >= 0.3 is 0 Å². The second kappa shape index (κ2) is 9.30. The van der Waals surface area contributed by atoms with Gasteiger partial charge in [0.25, 0.3) is 5.91 Å². The van der Waals surface area contributed by atoms with Crippen LogP contribution >= 0.6 is 11.8 Å². The summed E-state index contributed by atoms with van der Waals surface area (Å²) in [4.78, 5) is 23.6. The van der Waals surface area contributed by atoms with Gasteiger partial charge in [-0.3, -0.25) is 9.59 Å². The second-order valence-corrected chi connectivity index (χ2v) is 6.38. The summed E-state index contributed by atoms with van der Waals surface area (Å²) in [5.74, 6) is 0.717. The molecule has 4 nitrogen and oxygen atoms in total. The smallest absolute Gasteiger partial charge is 0.251 e. The first-order valence-corrected chi connectivity index (χ1v) is 8.63. The molecule has 0 unspecified atom stereocenters. The minimum Gasteiger partial charge on any atom is -0.349 e. The number of rotatable bonds is 7. The number of nitrogens with one attached hydrogen (secondary N) is 2. The molecule has 0 bridgehead atoms. The summed E-state index contributed by atoms with van der Waals surface area (Å²) in [7, 11) is 0. The van der Waals surface area contributed by atoms with Crippen LogP contribution in [0.2, 0.25) is 0 Å². The molecule has 1 aromatic rings. The third-order valence-electron chi connectivity index (χ3n) is 2.90. The molecule has 0 aliphatic heterocycles. The zero-order chi connectivity index (χ0) is 16.5. The summed E-state index contributed by atoms with van der Waals surface area (Å²) in [6.45, 7) is 6.20. The first-order chi connectivity index (χ1) is 10.4. The van der Waals surface area contributed by atoms with E-state index in [-0.39, 0.29) is 17.9 Å². The molecule has 1 aromatic carbocycles. The third-order valence-corrected chi connectivity index (χ3v) is 3.73. The molecule has 0 aromatic heterocycles. The Labute approximate surface area is 136 Å². The van der Waals surface area contributed by atoms with Crippen LogP contribution in [0.5, 0.6) is 0 Å². The maximum Gasteiger partial charge on any atom is 0.251 e. The number of amides is 2. The molecule has 0 saturated heterocycles. The maximum absolute atomic E-state index is 12.0. The van der Waals surface area contributed by atoms with E-state index in [0.717, 1.165) is 16.9 Å². The van der Waals surface area contributed by atoms with Gasteiger partial charge in [-0.2, -0.15) is 11.8 Å². The van der Waals surface area contributed by atoms with Gasteiger partial charge in [0.05, 0.1) is 0 Å². The van der Waals surface area contributed by atoms with Crippen LogP contribution < -0.4 is 10.6 Å². The van der Waals surface area contributed by atoms with Gasteiger partial charge in [0.1, 0.15) is 0 Å². The fraction of sp³-hybridized carbons (Fsp3) is 0.412. The normalized spacial score (nSPS) is 11.5. The number of carbonyl (C=O) groups is 2. The fourth-order valence-electron chi connectivity index (χ4n) is 1.88. The molecule has 0 radical (unpaired) electrons. The summed E-state index contributed by atoms with van der Waals surface area (Å²) in [6, 6.07) is 7.42. The molecule has 0 heterocycles. The van der Waals surface area contributed by atoms with Crippen molar-refractivity contribution in [3.05, 3.63) is 47.0 Å². The first kappa shape index (κ1) is 18.3. The van der Waals surface area contributed by atoms with Crippen LogP contribution in [0.15, 0.2) is 35.9 Å². The van der Waals surface area contributed by atoms with Crippen LogP contribution in [-0.4, -0.2) is 29.9 Å². The van der Waals surface area contributed by atoms with Crippen molar-refractivity contribution in [1.82, 2.24) is 10.6 Å². The number of carbonyl (C=O) groups excluding carboxylic acids is 2. The molecule has 5 heteroatoms. The molecule has 0 fully saturated rings. The van der Waals surface area contributed by atoms with Crippen molar-refractivity contribution in [2.24, 2.45) is 0 Å². The number of thioether (sulfide) groups is 1. The van der Waals surface area contributed by atoms with E-state index < -0.39 is 0 Å². The van der Waals surface area contributed by atoms with E-state index >= 15 is 0 Å². The highest BCUT2D eigenvalue weighted by atomic mass is 32.2. The molecule has 0 saturated carbocycles. The first-order valence-electron chi connectivity index (χ1n) is 7.24. The predicted octanol–water partition coefficient (Wildman–Crippen LogP) is 2.75. The van der Waals surface area contributed by atoms with E-state index in [1.54, 1.807) is 30.0 Å². The Morgan fingerprint density at radius 3 is 2.41 bits per heavy atom. The number of allylic oxidation sites excluding steroid dienone is 1. The fourth-order valence-corrected chi connectivity index (χ4v) is 2.46. The lowest BCUT2D eigenvalue weighted by Gasteiger charge is -2.12. The zero-order valence-corrected chi connectivity index (χ0v) is 14.4. The second-order valence-electron chi connectivity index (χ2n) is 5.47. The molecule has 22 heavy (non-hydrogen) atoms. The number of hydrogen-bond donors (Lipinski definition) is 2. The van der Waals surface area contributed by atoms with E-state index in [0.29, 0.717) is 12.1 Å². The van der Waals surface area contributed by atoms with Gasteiger partial charge in [0.15, 0.2) is 0 Å². The van der Waals surface area contributed by atoms with Gasteiger partial charge in [-0.05, 0) is 44.7 Å². The molecule has 120 valence electrons. The Balaban J connectivity index is 2.54. The SMILES string of the molecule is CSC[C@H](C)NC(=O)c1ccc(CNC(=O)C=C(C)C)cc1. The van der Waals surface area contributed by atoms with Crippen molar-refractivity contribution >= 4 is 23.6 Å². The van der Waals surface area contributed by atoms with Gasteiger partial charge < -0.3 is 10.6 Å². The summed E-state index contributed by atoms with van der Waals surface area (Å²) in [5.41, 5.74) is 2.56. The predicted molar refractivity (Wildman–Crippen MR) is 93.0 cm³/mol. The van der Waals surface area contributed by atoms with Crippen molar-refractivity contribution in [3.63, 3.8) is 0 Å². The van der Waals surface area contributed by atoms with Gasteiger partial charge in [-0.15, -0.1) is 0 Å². The van der Waals surface area contributed by atoms with Crippen LogP contribution in [-0.2, 0) is 11.3 Å². The highest BCUT2D eigenvalue weighted by molar-refractivity contribution is 7.98. The minimum atomic E-state index is -0.104. The van der Waals surface area contributed by atoms with Crippen LogP contribution in [0.4, 0.5) is 0 Å². The topological polar surface area (TPSA) is 58.2 Å². The van der Waals surface area contributed by atoms with Crippen molar-refractivity contribution in [3.8, 4) is 0 Å². The van der Waals surface area contributed by atoms with E-state index in [9.17, 15) is 9.59 Å². The molecule has 1 atom stereocenters. The minimum absolute atomic E-state index is 0.0679. The average molecular weight is 320 g/mol. The summed E-state index contributed by atoms with van der Waals surface area (Å²) >= 11 is 1.70. The lowest BCUT2D eigenvalue weighted by atomic mass is 10.1. The highest BCUT2D eigenvalue weighted by Gasteiger charge is 2.09. The maximum atomic E-state index is 12.0. The van der Waals surface area contributed by atoms with Crippen molar-refractivity contribution in [1.29, 1.82) is 0 Å². The largest absolute Gasteiger partial charge is 0.349 e. The Hall–Kier alpha value is -1.75. The van der Waals surface area contributed by atoms with Gasteiger partial charge in [0, 0.05) is 30.0 Å². The molecule has 0 aliphatic carbocycles. The van der Waals surface area contributed by atoms with Crippen LogP contribution in [0.3, 0.4) is 0 Å². The van der Waals surface area contributed by atoms with Crippen LogP contribution in [0.25, 0.3) is 0 Å². The van der Waals surface area contributed by atoms with Gasteiger partial charge in [0.2, 0.25) is 5.91 Å². The van der Waals surface area contributed by atoms with Gasteiger partial charge in [-0.25, -0.2) is 0 Å². The summed E-state index contributed by atoms with van der Waals surface area (Å²) < 4.78 is 0. The molecular weight excluding hydrogens is 296 g/mol. The molecule has 0 aliphatic rings. The van der Waals surface area contributed by atoms with Crippen molar-refractivity contribution in [2.45, 2.75) is 33.4 Å². The zero-order valence-electron chi connectivity index (χ0n) is 13.6. The monoisotopic (exact) mass is 320 g/mol. The molecule has 2 amide bonds. The van der Waals surface area contributed by atoms with Gasteiger partial charge in [-0.1, -0.05) is 17.7 Å². The Kier molecular flexibility index (Phi) is 7.74. The lowest BCUT2D eigenvalue weighted by molar-refractivity contribution is -0.116. The quantitative estimate of drug-likeness (QED) is 0.760. The number of hydrogen-bond acceptors (Lipinski definition) is 3. The standard InChI is InChI=1S/C17H24N2O2S/c1-12(2)9-16(20)18-10-14-5-7-15(8-6-14)17(21)19-13(3)11-22-4/h5-9,13H,10-11H2,1-4H3,(H,18,20)(H,19,21)/t13-/m0/s1.